The fourth-order valence-electron chi connectivity index (χ4n) is 2.43. The summed E-state index contributed by atoms with van der Waals surface area (Å²) in [6.07, 6.45) is 6.80. The predicted molar refractivity (Wildman–Crippen MR) is 67.9 cm³/mol. The van der Waals surface area contributed by atoms with Crippen molar-refractivity contribution in [3.05, 3.63) is 18.2 Å². The normalized spacial score (nSPS) is 20.9. The maximum absolute atomic E-state index is 11.9. The Bertz CT molecular complexity index is 403. The maximum Gasteiger partial charge on any atom is 0.323 e. The number of hydrogen-bond acceptors (Lipinski definition) is 4. The lowest BCUT2D eigenvalue weighted by Gasteiger charge is -2.33. The van der Waals surface area contributed by atoms with Crippen LogP contribution < -0.4 is 0 Å². The van der Waals surface area contributed by atoms with E-state index in [1.807, 2.05) is 24.7 Å². The Morgan fingerprint density at radius 3 is 3.06 bits per heavy atom. The highest BCUT2D eigenvalue weighted by Crippen LogP contribution is 2.20. The molecule has 0 amide bonds. The molecule has 5 nitrogen and oxygen atoms in total. The van der Waals surface area contributed by atoms with Crippen LogP contribution in [0.25, 0.3) is 0 Å². The molecule has 0 spiro atoms. The summed E-state index contributed by atoms with van der Waals surface area (Å²) < 4.78 is 7.15. The van der Waals surface area contributed by atoms with Crippen LogP contribution >= 0.6 is 0 Å². The van der Waals surface area contributed by atoms with Gasteiger partial charge in [-0.15, -0.1) is 0 Å². The van der Waals surface area contributed by atoms with E-state index in [0.717, 1.165) is 38.0 Å². The van der Waals surface area contributed by atoms with Gasteiger partial charge < -0.3 is 9.30 Å². The maximum atomic E-state index is 11.9. The molecule has 1 aromatic rings. The van der Waals surface area contributed by atoms with Crippen molar-refractivity contribution in [3.63, 3.8) is 0 Å². The zero-order chi connectivity index (χ0) is 13.0. The molecule has 1 aliphatic rings. The molecule has 1 fully saturated rings. The Kier molecular flexibility index (Phi) is 4.36. The average molecular weight is 251 g/mol. The molecule has 1 saturated heterocycles. The molecule has 0 N–H and O–H groups in total. The molecular formula is C13H21N3O2. The van der Waals surface area contributed by atoms with Crippen molar-refractivity contribution < 1.29 is 9.53 Å². The van der Waals surface area contributed by atoms with Crippen LogP contribution in [-0.2, 0) is 23.1 Å². The van der Waals surface area contributed by atoms with Gasteiger partial charge in [0.1, 0.15) is 6.04 Å². The predicted octanol–water partition coefficient (Wildman–Crippen LogP) is 1.34. The van der Waals surface area contributed by atoms with Crippen LogP contribution in [0.15, 0.2) is 12.5 Å². The fraction of sp³-hybridized carbons (Fsp3) is 0.692. The van der Waals surface area contributed by atoms with E-state index < -0.39 is 0 Å². The second-order valence-corrected chi connectivity index (χ2v) is 4.73. The van der Waals surface area contributed by atoms with Crippen molar-refractivity contribution in [2.45, 2.75) is 38.8 Å². The van der Waals surface area contributed by atoms with E-state index >= 15 is 0 Å². The summed E-state index contributed by atoms with van der Waals surface area (Å²) in [5.41, 5.74) is 1.13. The first kappa shape index (κ1) is 13.1. The summed E-state index contributed by atoms with van der Waals surface area (Å²) >= 11 is 0. The van der Waals surface area contributed by atoms with Crippen LogP contribution in [0.3, 0.4) is 0 Å². The van der Waals surface area contributed by atoms with E-state index in [1.165, 1.54) is 0 Å². The van der Waals surface area contributed by atoms with Gasteiger partial charge in [0.15, 0.2) is 0 Å². The second kappa shape index (κ2) is 6.00. The summed E-state index contributed by atoms with van der Waals surface area (Å²) in [6.45, 7) is 4.02. The highest BCUT2D eigenvalue weighted by atomic mass is 16.5. The lowest BCUT2D eigenvalue weighted by molar-refractivity contribution is -0.151. The average Bonchev–Trinajstić information content (AvgIpc) is 2.76. The van der Waals surface area contributed by atoms with Gasteiger partial charge in [0.2, 0.25) is 0 Å². The lowest BCUT2D eigenvalue weighted by atomic mass is 10.0. The Morgan fingerprint density at radius 1 is 1.56 bits per heavy atom. The first-order valence-electron chi connectivity index (χ1n) is 6.58. The molecule has 1 aliphatic heterocycles. The van der Waals surface area contributed by atoms with Gasteiger partial charge in [-0.3, -0.25) is 9.69 Å². The molecule has 18 heavy (non-hydrogen) atoms. The highest BCUT2D eigenvalue weighted by molar-refractivity contribution is 5.75. The third-order valence-electron chi connectivity index (χ3n) is 3.45. The SMILES string of the molecule is CCOC(=O)C1CCCCN1Cc1cncn1C. The third-order valence-corrected chi connectivity index (χ3v) is 3.45. The summed E-state index contributed by atoms with van der Waals surface area (Å²) in [5, 5.41) is 0. The van der Waals surface area contributed by atoms with Gasteiger partial charge in [0, 0.05) is 19.8 Å². The third kappa shape index (κ3) is 2.90. The highest BCUT2D eigenvalue weighted by Gasteiger charge is 2.30. The number of hydrogen-bond donors (Lipinski definition) is 0. The van der Waals surface area contributed by atoms with Gasteiger partial charge >= 0.3 is 5.97 Å². The number of esters is 1. The van der Waals surface area contributed by atoms with Gasteiger partial charge in [-0.25, -0.2) is 4.98 Å². The molecule has 2 heterocycles. The second-order valence-electron chi connectivity index (χ2n) is 4.73. The van der Waals surface area contributed by atoms with Crippen LogP contribution in [0.5, 0.6) is 0 Å². The Labute approximate surface area is 108 Å². The molecular weight excluding hydrogens is 230 g/mol. The number of carbonyl (C=O) groups excluding carboxylic acids is 1. The molecule has 1 aromatic heterocycles. The van der Waals surface area contributed by atoms with Crippen LogP contribution in [-0.4, -0.2) is 39.6 Å². The number of rotatable bonds is 4. The largest absolute Gasteiger partial charge is 0.465 e. The van der Waals surface area contributed by atoms with Gasteiger partial charge in [0.25, 0.3) is 0 Å². The van der Waals surface area contributed by atoms with Crippen molar-refractivity contribution in [1.29, 1.82) is 0 Å². The Balaban J connectivity index is 2.04. The minimum atomic E-state index is -0.0893. The number of ether oxygens (including phenoxy) is 1. The summed E-state index contributed by atoms with van der Waals surface area (Å²) in [4.78, 5) is 18.3. The zero-order valence-electron chi connectivity index (χ0n) is 11.1. The van der Waals surface area contributed by atoms with Gasteiger partial charge in [-0.05, 0) is 26.3 Å². The van der Waals surface area contributed by atoms with Crippen LogP contribution in [0, 0.1) is 0 Å². The minimum absolute atomic E-state index is 0.0839. The number of likely N-dealkylation sites (tertiary alicyclic amines) is 1. The number of imidazole rings is 1. The molecule has 0 aromatic carbocycles. The van der Waals surface area contributed by atoms with Crippen molar-refractivity contribution >= 4 is 5.97 Å². The first-order valence-corrected chi connectivity index (χ1v) is 6.58. The summed E-state index contributed by atoms with van der Waals surface area (Å²) in [6, 6.07) is -0.0893. The van der Waals surface area contributed by atoms with Crippen molar-refractivity contribution in [2.75, 3.05) is 13.2 Å². The monoisotopic (exact) mass is 251 g/mol. The van der Waals surface area contributed by atoms with E-state index in [4.69, 9.17) is 4.74 Å². The minimum Gasteiger partial charge on any atom is -0.465 e. The van der Waals surface area contributed by atoms with Crippen molar-refractivity contribution in [1.82, 2.24) is 14.5 Å². The molecule has 1 atom stereocenters. The van der Waals surface area contributed by atoms with Crippen molar-refractivity contribution in [2.24, 2.45) is 7.05 Å². The molecule has 0 radical (unpaired) electrons. The number of aromatic nitrogens is 2. The lowest BCUT2D eigenvalue weighted by Crippen LogP contribution is -2.45. The number of piperidine rings is 1. The van der Waals surface area contributed by atoms with Crippen LogP contribution in [0.2, 0.25) is 0 Å². The Morgan fingerprint density at radius 2 is 2.39 bits per heavy atom. The van der Waals surface area contributed by atoms with E-state index in [1.54, 1.807) is 6.33 Å². The van der Waals surface area contributed by atoms with Gasteiger partial charge in [-0.1, -0.05) is 6.42 Å². The zero-order valence-corrected chi connectivity index (χ0v) is 11.1. The number of carbonyl (C=O) groups is 1. The van der Waals surface area contributed by atoms with E-state index in [9.17, 15) is 4.79 Å². The van der Waals surface area contributed by atoms with Crippen molar-refractivity contribution in [3.8, 4) is 0 Å². The molecule has 100 valence electrons. The van der Waals surface area contributed by atoms with Crippen LogP contribution in [0.1, 0.15) is 31.9 Å². The topological polar surface area (TPSA) is 47.4 Å². The van der Waals surface area contributed by atoms with E-state index in [-0.39, 0.29) is 12.0 Å². The standard InChI is InChI=1S/C13H21N3O2/c1-3-18-13(17)12-6-4-5-7-16(12)9-11-8-14-10-15(11)2/h8,10,12H,3-7,9H2,1-2H3. The molecule has 1 unspecified atom stereocenters. The first-order chi connectivity index (χ1) is 8.72. The van der Waals surface area contributed by atoms with Crippen LogP contribution in [0.4, 0.5) is 0 Å². The molecule has 2 rings (SSSR count). The molecule has 0 aliphatic carbocycles. The Hall–Kier alpha value is -1.36. The molecule has 0 saturated carbocycles. The number of nitrogens with zero attached hydrogens (tertiary/aromatic N) is 3. The summed E-state index contributed by atoms with van der Waals surface area (Å²) in [7, 11) is 1.98. The summed E-state index contributed by atoms with van der Waals surface area (Å²) in [5.74, 6) is -0.0839. The fourth-order valence-corrected chi connectivity index (χ4v) is 2.43. The van der Waals surface area contributed by atoms with E-state index in [2.05, 4.69) is 9.88 Å². The quantitative estimate of drug-likeness (QED) is 0.758. The smallest absolute Gasteiger partial charge is 0.323 e. The van der Waals surface area contributed by atoms with Gasteiger partial charge in [0.05, 0.1) is 18.6 Å². The molecule has 5 heteroatoms. The molecule has 0 bridgehead atoms. The number of aryl methyl sites for hydroxylation is 1. The van der Waals surface area contributed by atoms with E-state index in [0.29, 0.717) is 6.61 Å². The van der Waals surface area contributed by atoms with Gasteiger partial charge in [-0.2, -0.15) is 0 Å².